The van der Waals surface area contributed by atoms with Crippen LogP contribution in [0.3, 0.4) is 0 Å². The van der Waals surface area contributed by atoms with Crippen molar-refractivity contribution in [2.75, 3.05) is 13.2 Å². The van der Waals surface area contributed by atoms with Gasteiger partial charge in [0.1, 0.15) is 18.0 Å². The van der Waals surface area contributed by atoms with Crippen molar-refractivity contribution in [2.45, 2.75) is 18.7 Å². The minimum Gasteiger partial charge on any atom is -0.396 e. The lowest BCUT2D eigenvalue weighted by Crippen LogP contribution is -2.18. The maximum atomic E-state index is 9.01. The summed E-state index contributed by atoms with van der Waals surface area (Å²) in [6, 6.07) is 0. The van der Waals surface area contributed by atoms with Gasteiger partial charge < -0.3 is 9.84 Å². The maximum Gasteiger partial charge on any atom is 0.138 e. The van der Waals surface area contributed by atoms with E-state index in [2.05, 4.69) is 17.0 Å². The number of aromatic nitrogens is 3. The summed E-state index contributed by atoms with van der Waals surface area (Å²) in [5, 5.41) is 12.9. The Balaban J connectivity index is 1.97. The highest BCUT2D eigenvalue weighted by Crippen LogP contribution is 2.43. The third-order valence-corrected chi connectivity index (χ3v) is 3.63. The lowest BCUT2D eigenvalue weighted by molar-refractivity contribution is 0.0855. The summed E-state index contributed by atoms with van der Waals surface area (Å²) in [7, 11) is 0.434. The molecule has 1 aliphatic rings. The summed E-state index contributed by atoms with van der Waals surface area (Å²) >= 11 is 0. The van der Waals surface area contributed by atoms with Gasteiger partial charge >= 0.3 is 0 Å². The molecule has 2 rings (SSSR count). The average molecular weight is 215 g/mol. The van der Waals surface area contributed by atoms with Gasteiger partial charge in [0, 0.05) is 21.3 Å². The minimum absolute atomic E-state index is 0.179. The number of nitrogens with zero attached hydrogens (tertiary/aromatic N) is 3. The first-order valence-electron chi connectivity index (χ1n) is 4.59. The summed E-state index contributed by atoms with van der Waals surface area (Å²) in [6.07, 6.45) is 4.11. The second kappa shape index (κ2) is 3.93. The van der Waals surface area contributed by atoms with Crippen molar-refractivity contribution in [3.05, 3.63) is 12.7 Å². The van der Waals surface area contributed by atoms with Gasteiger partial charge in [-0.25, -0.2) is 9.44 Å². The molecule has 1 saturated heterocycles. The van der Waals surface area contributed by atoms with Gasteiger partial charge in [-0.05, 0) is 13.3 Å². The van der Waals surface area contributed by atoms with E-state index in [9.17, 15) is 0 Å². The Bertz CT molecular complexity index is 293. The molecule has 2 unspecified atom stereocenters. The van der Waals surface area contributed by atoms with Gasteiger partial charge in [0.2, 0.25) is 0 Å². The lowest BCUT2D eigenvalue weighted by atomic mass is 10.1. The van der Waals surface area contributed by atoms with E-state index in [1.54, 1.807) is 10.8 Å². The molecule has 1 aromatic heterocycles. The van der Waals surface area contributed by atoms with E-state index in [1.807, 2.05) is 0 Å². The molecule has 1 aliphatic heterocycles. The molecule has 14 heavy (non-hydrogen) atoms. The zero-order chi connectivity index (χ0) is 10.0. The van der Waals surface area contributed by atoms with E-state index in [0.29, 0.717) is 15.3 Å². The van der Waals surface area contributed by atoms with Crippen molar-refractivity contribution in [1.82, 2.24) is 14.5 Å². The van der Waals surface area contributed by atoms with Crippen molar-refractivity contribution >= 4 is 8.73 Å². The number of aliphatic hydroxyl groups is 1. The van der Waals surface area contributed by atoms with Crippen LogP contribution in [0.2, 0.25) is 0 Å². The van der Waals surface area contributed by atoms with Crippen LogP contribution in [0.5, 0.6) is 0 Å². The quantitative estimate of drug-likeness (QED) is 0.744. The Hall–Kier alpha value is -0.510. The molecular formula is C8H14N3O2P. The third kappa shape index (κ3) is 2.11. The van der Waals surface area contributed by atoms with Gasteiger partial charge in [0.25, 0.3) is 0 Å². The molecule has 5 nitrogen and oxygen atoms in total. The molecule has 1 aromatic rings. The summed E-state index contributed by atoms with van der Waals surface area (Å²) < 4.78 is 7.47. The maximum absolute atomic E-state index is 9.01. The molecule has 0 aromatic carbocycles. The minimum atomic E-state index is -0.179. The summed E-state index contributed by atoms with van der Waals surface area (Å²) in [6.45, 7) is 2.91. The Morgan fingerprint density at radius 2 is 2.64 bits per heavy atom. The molecule has 2 heterocycles. The van der Waals surface area contributed by atoms with Crippen LogP contribution in [0.15, 0.2) is 12.7 Å². The van der Waals surface area contributed by atoms with Crippen LogP contribution in [-0.2, 0) is 4.74 Å². The smallest absolute Gasteiger partial charge is 0.138 e. The van der Waals surface area contributed by atoms with Crippen molar-refractivity contribution < 1.29 is 9.84 Å². The second-order valence-electron chi connectivity index (χ2n) is 3.75. The molecule has 0 aliphatic carbocycles. The first-order valence-corrected chi connectivity index (χ1v) is 5.54. The van der Waals surface area contributed by atoms with E-state index >= 15 is 0 Å². The van der Waals surface area contributed by atoms with Gasteiger partial charge in [-0.3, -0.25) is 0 Å². The predicted octanol–water partition coefficient (Wildman–Crippen LogP) is 0.465. The van der Waals surface area contributed by atoms with E-state index in [0.717, 1.165) is 6.42 Å². The molecule has 0 spiro atoms. The SMILES string of the molecule is CC1(Pn2cncn2)C[C@H](CO)CO1. The van der Waals surface area contributed by atoms with Crippen molar-refractivity contribution in [2.24, 2.45) is 5.92 Å². The predicted molar refractivity (Wildman–Crippen MR) is 53.3 cm³/mol. The molecule has 3 atom stereocenters. The van der Waals surface area contributed by atoms with Crippen molar-refractivity contribution in [3.63, 3.8) is 0 Å². The topological polar surface area (TPSA) is 60.2 Å². The van der Waals surface area contributed by atoms with Crippen LogP contribution >= 0.6 is 8.73 Å². The van der Waals surface area contributed by atoms with Crippen LogP contribution in [0, 0.1) is 5.92 Å². The Morgan fingerprint density at radius 3 is 3.21 bits per heavy atom. The number of hydrogen-bond donors (Lipinski definition) is 1. The number of rotatable bonds is 3. The highest BCUT2D eigenvalue weighted by molar-refractivity contribution is 7.37. The highest BCUT2D eigenvalue weighted by Gasteiger charge is 2.36. The zero-order valence-corrected chi connectivity index (χ0v) is 9.05. The van der Waals surface area contributed by atoms with Gasteiger partial charge in [-0.1, -0.05) is 0 Å². The molecule has 0 radical (unpaired) electrons. The number of ether oxygens (including phenoxy) is 1. The molecule has 0 amide bonds. The monoisotopic (exact) mass is 215 g/mol. The molecule has 1 fully saturated rings. The van der Waals surface area contributed by atoms with Crippen molar-refractivity contribution in [1.29, 1.82) is 0 Å². The largest absolute Gasteiger partial charge is 0.396 e. The summed E-state index contributed by atoms with van der Waals surface area (Å²) in [5.41, 5.74) is 0. The fraction of sp³-hybridized carbons (Fsp3) is 0.750. The molecule has 78 valence electrons. The van der Waals surface area contributed by atoms with Gasteiger partial charge in [-0.2, -0.15) is 5.10 Å². The summed E-state index contributed by atoms with van der Waals surface area (Å²) in [4.78, 5) is 3.89. The number of hydrogen-bond acceptors (Lipinski definition) is 4. The van der Waals surface area contributed by atoms with Gasteiger partial charge in [0.15, 0.2) is 0 Å². The third-order valence-electron chi connectivity index (χ3n) is 2.34. The Morgan fingerprint density at radius 1 is 1.79 bits per heavy atom. The molecule has 0 bridgehead atoms. The average Bonchev–Trinajstić information content (AvgIpc) is 2.76. The normalized spacial score (nSPS) is 33.1. The van der Waals surface area contributed by atoms with Crippen LogP contribution < -0.4 is 0 Å². The van der Waals surface area contributed by atoms with Crippen LogP contribution in [-0.4, -0.2) is 38.2 Å². The van der Waals surface area contributed by atoms with E-state index in [-0.39, 0.29) is 17.9 Å². The van der Waals surface area contributed by atoms with Crippen molar-refractivity contribution in [3.8, 4) is 0 Å². The lowest BCUT2D eigenvalue weighted by Gasteiger charge is -2.22. The Kier molecular flexibility index (Phi) is 2.81. The summed E-state index contributed by atoms with van der Waals surface area (Å²) in [5.74, 6) is 0.274. The molecular weight excluding hydrogens is 201 g/mol. The van der Waals surface area contributed by atoms with E-state index < -0.39 is 0 Å². The van der Waals surface area contributed by atoms with Crippen LogP contribution in [0.1, 0.15) is 13.3 Å². The van der Waals surface area contributed by atoms with Crippen LogP contribution in [0.4, 0.5) is 0 Å². The van der Waals surface area contributed by atoms with Gasteiger partial charge in [-0.15, -0.1) is 0 Å². The van der Waals surface area contributed by atoms with E-state index in [1.165, 1.54) is 6.33 Å². The second-order valence-corrected chi connectivity index (χ2v) is 5.49. The molecule has 0 saturated carbocycles. The van der Waals surface area contributed by atoms with E-state index in [4.69, 9.17) is 9.84 Å². The fourth-order valence-corrected chi connectivity index (χ4v) is 2.92. The first kappa shape index (κ1) is 10.0. The number of aliphatic hydroxyl groups excluding tert-OH is 1. The molecule has 1 N–H and O–H groups in total. The molecule has 6 heteroatoms. The Labute approximate surface area is 84.3 Å². The zero-order valence-electron chi connectivity index (χ0n) is 8.05. The highest BCUT2D eigenvalue weighted by atomic mass is 31.1. The first-order chi connectivity index (χ1) is 6.72. The van der Waals surface area contributed by atoms with Gasteiger partial charge in [0.05, 0.1) is 6.61 Å². The fourth-order valence-electron chi connectivity index (χ4n) is 1.67. The van der Waals surface area contributed by atoms with Crippen LogP contribution in [0.25, 0.3) is 0 Å². The standard InChI is InChI=1S/C8H14N3O2P/c1-8(2-7(3-12)4-13-8)14-11-6-9-5-10-11/h5-7,12,14H,2-4H2,1H3/t7-,8?/m1/s1.